The Hall–Kier alpha value is -0.610. The molecule has 62 valence electrons. The lowest BCUT2D eigenvalue weighted by molar-refractivity contribution is 0.570. The lowest BCUT2D eigenvalue weighted by atomic mass is 10.3. The van der Waals surface area contributed by atoms with E-state index in [1.54, 1.807) is 11.8 Å². The molecular formula is C8H7NOS2. The quantitative estimate of drug-likeness (QED) is 0.737. The monoisotopic (exact) mass is 197 g/mol. The van der Waals surface area contributed by atoms with E-state index in [0.717, 1.165) is 11.3 Å². The van der Waals surface area contributed by atoms with Crippen LogP contribution in [-0.2, 0) is 4.79 Å². The van der Waals surface area contributed by atoms with Gasteiger partial charge in [0, 0.05) is 10.6 Å². The van der Waals surface area contributed by atoms with Gasteiger partial charge in [0.05, 0.1) is 0 Å². The molecule has 1 aromatic carbocycles. The minimum absolute atomic E-state index is 0.153. The normalized spacial score (nSPS) is 19.8. The van der Waals surface area contributed by atoms with Crippen molar-refractivity contribution in [1.29, 1.82) is 0 Å². The van der Waals surface area contributed by atoms with Crippen molar-refractivity contribution in [3.05, 3.63) is 24.3 Å². The van der Waals surface area contributed by atoms with Gasteiger partial charge in [-0.1, -0.05) is 35.7 Å². The van der Waals surface area contributed by atoms with Crippen molar-refractivity contribution in [2.75, 3.05) is 5.32 Å². The smallest absolute Gasteiger partial charge is 0.179 e. The van der Waals surface area contributed by atoms with E-state index in [-0.39, 0.29) is 4.71 Å². The largest absolute Gasteiger partial charge is 0.363 e. The molecule has 1 heterocycles. The van der Waals surface area contributed by atoms with Gasteiger partial charge in [0.2, 0.25) is 0 Å². The Morgan fingerprint density at radius 3 is 3.08 bits per heavy atom. The van der Waals surface area contributed by atoms with Crippen LogP contribution in [0.2, 0.25) is 0 Å². The third-order valence-electron chi connectivity index (χ3n) is 1.57. The number of carbonyl (C=O) groups excluding carboxylic acids is 1. The summed E-state index contributed by atoms with van der Waals surface area (Å²) in [5, 5.41) is 3.23. The Labute approximate surface area is 79.1 Å². The summed E-state index contributed by atoms with van der Waals surface area (Å²) in [6.07, 6.45) is 0. The maximum atomic E-state index is 10.2. The van der Waals surface area contributed by atoms with Crippen LogP contribution in [0.1, 0.15) is 0 Å². The molecule has 0 saturated carbocycles. The summed E-state index contributed by atoms with van der Waals surface area (Å²) < 4.78 is 0.153. The molecule has 0 spiro atoms. The molecule has 1 atom stereocenters. The van der Waals surface area contributed by atoms with Gasteiger partial charge in [0.25, 0.3) is 0 Å². The molecule has 1 unspecified atom stereocenters. The Balaban J connectivity index is 2.16. The molecule has 1 N–H and O–H groups in total. The molecule has 0 fully saturated rings. The SMILES string of the molecule is O=CSC1Nc2ccccc2S1. The van der Waals surface area contributed by atoms with E-state index in [1.807, 2.05) is 18.2 Å². The van der Waals surface area contributed by atoms with Gasteiger partial charge < -0.3 is 5.32 Å². The van der Waals surface area contributed by atoms with Crippen LogP contribution in [0.25, 0.3) is 0 Å². The van der Waals surface area contributed by atoms with Crippen LogP contribution in [-0.4, -0.2) is 10.3 Å². The number of rotatable bonds is 2. The Bertz CT molecular complexity index is 278. The van der Waals surface area contributed by atoms with Crippen LogP contribution in [0.3, 0.4) is 0 Å². The van der Waals surface area contributed by atoms with Crippen molar-refractivity contribution in [2.24, 2.45) is 0 Å². The van der Waals surface area contributed by atoms with E-state index in [2.05, 4.69) is 11.4 Å². The highest BCUT2D eigenvalue weighted by molar-refractivity contribution is 8.24. The fraction of sp³-hybridized carbons (Fsp3) is 0.125. The fourth-order valence-electron chi connectivity index (χ4n) is 1.07. The van der Waals surface area contributed by atoms with Crippen molar-refractivity contribution in [3.8, 4) is 0 Å². The molecule has 1 aliphatic rings. The highest BCUT2D eigenvalue weighted by atomic mass is 32.2. The molecule has 0 radical (unpaired) electrons. The third-order valence-corrected chi connectivity index (χ3v) is 3.61. The Morgan fingerprint density at radius 2 is 2.33 bits per heavy atom. The zero-order valence-electron chi connectivity index (χ0n) is 6.19. The molecule has 0 bridgehead atoms. The van der Waals surface area contributed by atoms with Crippen LogP contribution < -0.4 is 5.32 Å². The second kappa shape index (κ2) is 3.41. The van der Waals surface area contributed by atoms with Gasteiger partial charge in [-0.05, 0) is 12.1 Å². The van der Waals surface area contributed by atoms with Gasteiger partial charge in [-0.15, -0.1) is 0 Å². The Morgan fingerprint density at radius 1 is 1.50 bits per heavy atom. The van der Waals surface area contributed by atoms with Crippen LogP contribution >= 0.6 is 23.5 Å². The van der Waals surface area contributed by atoms with Crippen LogP contribution in [0.15, 0.2) is 29.2 Å². The van der Waals surface area contributed by atoms with Gasteiger partial charge in [-0.25, -0.2) is 0 Å². The van der Waals surface area contributed by atoms with Crippen LogP contribution in [0.5, 0.6) is 0 Å². The maximum Gasteiger partial charge on any atom is 0.179 e. The minimum atomic E-state index is 0.153. The van der Waals surface area contributed by atoms with Crippen LogP contribution in [0, 0.1) is 0 Å². The average molecular weight is 197 g/mol. The number of thioether (sulfide) groups is 2. The van der Waals surface area contributed by atoms with E-state index in [0.29, 0.717) is 0 Å². The predicted octanol–water partition coefficient (Wildman–Crippen LogP) is 2.41. The summed E-state index contributed by atoms with van der Waals surface area (Å²) in [6, 6.07) is 8.06. The van der Waals surface area contributed by atoms with Gasteiger partial charge >= 0.3 is 0 Å². The highest BCUT2D eigenvalue weighted by Crippen LogP contribution is 2.41. The van der Waals surface area contributed by atoms with Gasteiger partial charge in [0.15, 0.2) is 5.62 Å². The van der Waals surface area contributed by atoms with Crippen molar-refractivity contribution in [2.45, 2.75) is 9.60 Å². The average Bonchev–Trinajstić information content (AvgIpc) is 2.47. The summed E-state index contributed by atoms with van der Waals surface area (Å²) in [6.45, 7) is 0. The molecule has 4 heteroatoms. The zero-order chi connectivity index (χ0) is 8.39. The van der Waals surface area contributed by atoms with E-state index in [4.69, 9.17) is 0 Å². The third kappa shape index (κ3) is 1.44. The molecule has 0 amide bonds. The van der Waals surface area contributed by atoms with Crippen molar-refractivity contribution < 1.29 is 4.79 Å². The minimum Gasteiger partial charge on any atom is -0.363 e. The number of fused-ring (bicyclic) bond motifs is 1. The first-order chi connectivity index (χ1) is 5.90. The molecule has 2 nitrogen and oxygen atoms in total. The molecule has 12 heavy (non-hydrogen) atoms. The lowest BCUT2D eigenvalue weighted by Crippen LogP contribution is -2.03. The number of para-hydroxylation sites is 1. The molecule has 1 aliphatic heterocycles. The second-order valence-electron chi connectivity index (χ2n) is 2.32. The lowest BCUT2D eigenvalue weighted by Gasteiger charge is -2.02. The highest BCUT2D eigenvalue weighted by Gasteiger charge is 2.20. The first kappa shape index (κ1) is 8.01. The number of carbonyl (C=O) groups is 1. The summed E-state index contributed by atoms with van der Waals surface area (Å²) in [5.41, 5.74) is 2.00. The molecule has 0 aromatic heterocycles. The second-order valence-corrected chi connectivity index (χ2v) is 4.70. The van der Waals surface area contributed by atoms with Crippen molar-refractivity contribution >= 4 is 34.8 Å². The van der Waals surface area contributed by atoms with Gasteiger partial charge in [-0.3, -0.25) is 4.79 Å². The molecule has 2 rings (SSSR count). The number of benzene rings is 1. The van der Waals surface area contributed by atoms with E-state index < -0.39 is 0 Å². The fourth-order valence-corrected chi connectivity index (χ4v) is 2.87. The van der Waals surface area contributed by atoms with Crippen LogP contribution in [0.4, 0.5) is 5.69 Å². The van der Waals surface area contributed by atoms with E-state index >= 15 is 0 Å². The summed E-state index contributed by atoms with van der Waals surface area (Å²) in [7, 11) is 0. The number of hydrogen-bond acceptors (Lipinski definition) is 4. The summed E-state index contributed by atoms with van der Waals surface area (Å²) in [5.74, 6) is 0. The predicted molar refractivity (Wildman–Crippen MR) is 54.1 cm³/mol. The first-order valence-corrected chi connectivity index (χ1v) is 5.34. The number of anilines is 1. The van der Waals surface area contributed by atoms with Gasteiger partial charge in [0.1, 0.15) is 4.71 Å². The van der Waals surface area contributed by atoms with Gasteiger partial charge in [-0.2, -0.15) is 0 Å². The standard InChI is InChI=1S/C8H7NOS2/c10-5-11-8-9-6-3-1-2-4-7(6)12-8/h1-5,8-9H. The summed E-state index contributed by atoms with van der Waals surface area (Å²) in [4.78, 5) is 11.4. The summed E-state index contributed by atoms with van der Waals surface area (Å²) >= 11 is 2.95. The van der Waals surface area contributed by atoms with E-state index in [1.165, 1.54) is 16.7 Å². The molecule has 0 aliphatic carbocycles. The number of nitrogens with one attached hydrogen (secondary N) is 1. The zero-order valence-corrected chi connectivity index (χ0v) is 7.82. The van der Waals surface area contributed by atoms with E-state index in [9.17, 15) is 4.79 Å². The first-order valence-electron chi connectivity index (χ1n) is 3.51. The van der Waals surface area contributed by atoms with Crippen molar-refractivity contribution in [3.63, 3.8) is 0 Å². The topological polar surface area (TPSA) is 29.1 Å². The maximum absolute atomic E-state index is 10.2. The number of hydrogen-bond donors (Lipinski definition) is 1. The molecule has 1 aromatic rings. The molecule has 0 saturated heterocycles. The molecular weight excluding hydrogens is 190 g/mol. The van der Waals surface area contributed by atoms with Crippen molar-refractivity contribution in [1.82, 2.24) is 0 Å². The Kier molecular flexibility index (Phi) is 2.28.